The SMILES string of the molecule is CC(=O)Nc1ccc(C(=O)N2CCC(n3cc(C4CC4)nn3)C2)cc1. The maximum absolute atomic E-state index is 12.7. The Morgan fingerprint density at radius 1 is 1.16 bits per heavy atom. The molecular weight excluding hydrogens is 318 g/mol. The fourth-order valence-electron chi connectivity index (χ4n) is 3.26. The Balaban J connectivity index is 1.40. The van der Waals surface area contributed by atoms with E-state index < -0.39 is 0 Å². The molecule has 2 aliphatic rings. The standard InChI is InChI=1S/C18H21N5O2/c1-12(24)19-15-6-4-14(5-7-15)18(25)22-9-8-16(10-22)23-11-17(20-21-23)13-2-3-13/h4-7,11,13,16H,2-3,8-10H2,1H3,(H,19,24). The zero-order valence-corrected chi connectivity index (χ0v) is 14.2. The highest BCUT2D eigenvalue weighted by Gasteiger charge is 2.31. The number of carbonyl (C=O) groups is 2. The van der Waals surface area contributed by atoms with E-state index in [1.807, 2.05) is 15.8 Å². The first-order chi connectivity index (χ1) is 12.1. The second kappa shape index (κ2) is 6.31. The molecular formula is C18H21N5O2. The van der Waals surface area contributed by atoms with Gasteiger partial charge in [0.15, 0.2) is 0 Å². The van der Waals surface area contributed by atoms with Crippen molar-refractivity contribution in [3.05, 3.63) is 41.7 Å². The molecule has 1 aliphatic heterocycles. The third kappa shape index (κ3) is 3.40. The highest BCUT2D eigenvalue weighted by molar-refractivity contribution is 5.95. The normalized spacial score (nSPS) is 19.9. The van der Waals surface area contributed by atoms with Gasteiger partial charge in [-0.25, -0.2) is 4.68 Å². The van der Waals surface area contributed by atoms with Crippen LogP contribution in [0.25, 0.3) is 0 Å². The van der Waals surface area contributed by atoms with Gasteiger partial charge >= 0.3 is 0 Å². The van der Waals surface area contributed by atoms with Gasteiger partial charge in [0.25, 0.3) is 5.91 Å². The number of anilines is 1. The number of carbonyl (C=O) groups excluding carboxylic acids is 2. The molecule has 1 atom stereocenters. The van der Waals surface area contributed by atoms with E-state index >= 15 is 0 Å². The van der Waals surface area contributed by atoms with Crippen LogP contribution in [-0.4, -0.2) is 44.8 Å². The molecule has 0 spiro atoms. The molecule has 1 N–H and O–H groups in total. The molecule has 1 aromatic carbocycles. The van der Waals surface area contributed by atoms with Gasteiger partial charge in [0.2, 0.25) is 5.91 Å². The molecule has 4 rings (SSSR count). The largest absolute Gasteiger partial charge is 0.336 e. The van der Waals surface area contributed by atoms with E-state index in [0.717, 1.165) is 18.7 Å². The molecule has 2 heterocycles. The van der Waals surface area contributed by atoms with Gasteiger partial charge in [-0.05, 0) is 43.5 Å². The summed E-state index contributed by atoms with van der Waals surface area (Å²) in [6.07, 6.45) is 5.35. The minimum absolute atomic E-state index is 0.0133. The van der Waals surface area contributed by atoms with Crippen LogP contribution in [0, 0.1) is 0 Å². The molecule has 7 heteroatoms. The van der Waals surface area contributed by atoms with Gasteiger partial charge in [-0.2, -0.15) is 0 Å². The molecule has 1 aromatic heterocycles. The zero-order chi connectivity index (χ0) is 17.4. The number of rotatable bonds is 4. The van der Waals surface area contributed by atoms with Crippen molar-refractivity contribution in [3.8, 4) is 0 Å². The fraction of sp³-hybridized carbons (Fsp3) is 0.444. The van der Waals surface area contributed by atoms with Crippen LogP contribution in [0.2, 0.25) is 0 Å². The van der Waals surface area contributed by atoms with Gasteiger partial charge in [0.05, 0.1) is 11.7 Å². The van der Waals surface area contributed by atoms with E-state index in [2.05, 4.69) is 15.6 Å². The number of hydrogen-bond donors (Lipinski definition) is 1. The molecule has 0 radical (unpaired) electrons. The Hall–Kier alpha value is -2.70. The van der Waals surface area contributed by atoms with Crippen molar-refractivity contribution in [1.82, 2.24) is 19.9 Å². The predicted octanol–water partition coefficient (Wildman–Crippen LogP) is 2.20. The second-order valence-corrected chi connectivity index (χ2v) is 6.85. The van der Waals surface area contributed by atoms with Crippen LogP contribution < -0.4 is 5.32 Å². The quantitative estimate of drug-likeness (QED) is 0.926. The average Bonchev–Trinajstić information content (AvgIpc) is 3.13. The lowest BCUT2D eigenvalue weighted by molar-refractivity contribution is -0.114. The summed E-state index contributed by atoms with van der Waals surface area (Å²) in [5.74, 6) is 0.481. The summed E-state index contributed by atoms with van der Waals surface area (Å²) < 4.78 is 1.92. The molecule has 130 valence electrons. The predicted molar refractivity (Wildman–Crippen MR) is 92.3 cm³/mol. The van der Waals surface area contributed by atoms with Crippen LogP contribution in [0.3, 0.4) is 0 Å². The lowest BCUT2D eigenvalue weighted by Gasteiger charge is -2.16. The van der Waals surface area contributed by atoms with Gasteiger partial charge in [-0.3, -0.25) is 9.59 Å². The van der Waals surface area contributed by atoms with Gasteiger partial charge in [0, 0.05) is 43.4 Å². The van der Waals surface area contributed by atoms with E-state index in [0.29, 0.717) is 23.7 Å². The highest BCUT2D eigenvalue weighted by Crippen LogP contribution is 2.39. The van der Waals surface area contributed by atoms with E-state index in [9.17, 15) is 9.59 Å². The van der Waals surface area contributed by atoms with E-state index in [1.54, 1.807) is 24.3 Å². The number of aromatic nitrogens is 3. The molecule has 1 aliphatic carbocycles. The maximum Gasteiger partial charge on any atom is 0.253 e. The first kappa shape index (κ1) is 15.8. The molecule has 1 saturated heterocycles. The summed E-state index contributed by atoms with van der Waals surface area (Å²) >= 11 is 0. The van der Waals surface area contributed by atoms with Crippen molar-refractivity contribution in [2.45, 2.75) is 38.1 Å². The molecule has 2 amide bonds. The van der Waals surface area contributed by atoms with Crippen LogP contribution >= 0.6 is 0 Å². The summed E-state index contributed by atoms with van der Waals surface area (Å²) in [7, 11) is 0. The number of amides is 2. The zero-order valence-electron chi connectivity index (χ0n) is 14.2. The van der Waals surface area contributed by atoms with Crippen LogP contribution in [0.1, 0.15) is 54.2 Å². The van der Waals surface area contributed by atoms with Crippen molar-refractivity contribution in [2.75, 3.05) is 18.4 Å². The molecule has 0 bridgehead atoms. The monoisotopic (exact) mass is 339 g/mol. The Morgan fingerprint density at radius 3 is 2.60 bits per heavy atom. The van der Waals surface area contributed by atoms with Gasteiger partial charge in [-0.15, -0.1) is 5.10 Å². The molecule has 7 nitrogen and oxygen atoms in total. The third-order valence-electron chi connectivity index (χ3n) is 4.80. The summed E-state index contributed by atoms with van der Waals surface area (Å²) in [5, 5.41) is 11.2. The van der Waals surface area contributed by atoms with E-state index in [-0.39, 0.29) is 17.9 Å². The van der Waals surface area contributed by atoms with E-state index in [4.69, 9.17) is 0 Å². The Kier molecular flexibility index (Phi) is 3.99. The van der Waals surface area contributed by atoms with Crippen LogP contribution in [0.5, 0.6) is 0 Å². The maximum atomic E-state index is 12.7. The number of nitrogens with one attached hydrogen (secondary N) is 1. The van der Waals surface area contributed by atoms with Crippen molar-refractivity contribution in [2.24, 2.45) is 0 Å². The van der Waals surface area contributed by atoms with Crippen molar-refractivity contribution in [3.63, 3.8) is 0 Å². The number of likely N-dealkylation sites (tertiary alicyclic amines) is 1. The summed E-state index contributed by atoms with van der Waals surface area (Å²) in [6, 6.07) is 7.20. The smallest absolute Gasteiger partial charge is 0.253 e. The number of nitrogens with zero attached hydrogens (tertiary/aromatic N) is 4. The number of hydrogen-bond acceptors (Lipinski definition) is 4. The summed E-state index contributed by atoms with van der Waals surface area (Å²) in [4.78, 5) is 25.6. The van der Waals surface area contributed by atoms with Gasteiger partial charge in [-0.1, -0.05) is 5.21 Å². The Bertz CT molecular complexity index is 794. The molecule has 25 heavy (non-hydrogen) atoms. The molecule has 1 unspecified atom stereocenters. The first-order valence-corrected chi connectivity index (χ1v) is 8.69. The second-order valence-electron chi connectivity index (χ2n) is 6.85. The summed E-state index contributed by atoms with van der Waals surface area (Å²) in [6.45, 7) is 2.83. The van der Waals surface area contributed by atoms with Crippen LogP contribution in [-0.2, 0) is 4.79 Å². The minimum atomic E-state index is -0.125. The minimum Gasteiger partial charge on any atom is -0.336 e. The average molecular weight is 339 g/mol. The molecule has 2 aromatic rings. The highest BCUT2D eigenvalue weighted by atomic mass is 16.2. The van der Waals surface area contributed by atoms with E-state index in [1.165, 1.54) is 19.8 Å². The Morgan fingerprint density at radius 2 is 1.92 bits per heavy atom. The molecule has 2 fully saturated rings. The van der Waals surface area contributed by atoms with Crippen molar-refractivity contribution >= 4 is 17.5 Å². The third-order valence-corrected chi connectivity index (χ3v) is 4.80. The fourth-order valence-corrected chi connectivity index (χ4v) is 3.26. The lowest BCUT2D eigenvalue weighted by Crippen LogP contribution is -2.29. The van der Waals surface area contributed by atoms with Crippen LogP contribution in [0.4, 0.5) is 5.69 Å². The first-order valence-electron chi connectivity index (χ1n) is 8.69. The lowest BCUT2D eigenvalue weighted by atomic mass is 10.2. The van der Waals surface area contributed by atoms with Crippen molar-refractivity contribution < 1.29 is 9.59 Å². The number of benzene rings is 1. The van der Waals surface area contributed by atoms with Crippen molar-refractivity contribution in [1.29, 1.82) is 0 Å². The Labute approximate surface area is 146 Å². The molecule has 1 saturated carbocycles. The van der Waals surface area contributed by atoms with Crippen LogP contribution in [0.15, 0.2) is 30.5 Å². The summed E-state index contributed by atoms with van der Waals surface area (Å²) in [5.41, 5.74) is 2.41. The topological polar surface area (TPSA) is 80.1 Å². The van der Waals surface area contributed by atoms with Gasteiger partial charge in [0.1, 0.15) is 0 Å². The van der Waals surface area contributed by atoms with Gasteiger partial charge < -0.3 is 10.2 Å².